The normalized spacial score (nSPS) is 14.7. The number of benzene rings is 2. The average Bonchev–Trinajstić information content (AvgIpc) is 3.37. The van der Waals surface area contributed by atoms with Crippen molar-refractivity contribution in [2.75, 3.05) is 5.01 Å². The van der Waals surface area contributed by atoms with Crippen molar-refractivity contribution >= 4 is 11.4 Å². The van der Waals surface area contributed by atoms with Crippen LogP contribution in [0.25, 0.3) is 17.1 Å². The molecule has 1 fully saturated rings. The number of hydrogen-bond donors (Lipinski definition) is 2. The van der Waals surface area contributed by atoms with Gasteiger partial charge in [0.1, 0.15) is 17.3 Å². The number of anilines is 1. The van der Waals surface area contributed by atoms with Gasteiger partial charge in [-0.3, -0.25) is 5.01 Å². The summed E-state index contributed by atoms with van der Waals surface area (Å²) in [6.45, 7) is 1.79. The van der Waals surface area contributed by atoms with Crippen LogP contribution < -0.4 is 16.6 Å². The molecule has 8 heteroatoms. The summed E-state index contributed by atoms with van der Waals surface area (Å²) in [7, 11) is 0. The Bertz CT molecular complexity index is 1060. The van der Waals surface area contributed by atoms with Crippen LogP contribution in [0.3, 0.4) is 0 Å². The molecule has 2 aromatic carbocycles. The highest BCUT2D eigenvalue weighted by atomic mass is 19.1. The molecular formula is C20H19F2N5O. The van der Waals surface area contributed by atoms with Gasteiger partial charge in [-0.25, -0.2) is 14.6 Å². The molecule has 0 unspecified atom stereocenters. The second-order valence-electron chi connectivity index (χ2n) is 6.80. The van der Waals surface area contributed by atoms with E-state index in [1.54, 1.807) is 37.3 Å². The summed E-state index contributed by atoms with van der Waals surface area (Å²) in [5, 5.41) is 5.05. The third kappa shape index (κ3) is 3.34. The van der Waals surface area contributed by atoms with Crippen LogP contribution >= 0.6 is 0 Å². The summed E-state index contributed by atoms with van der Waals surface area (Å²) >= 11 is 0. The van der Waals surface area contributed by atoms with Crippen molar-refractivity contribution in [2.24, 2.45) is 17.5 Å². The molecule has 1 heterocycles. The van der Waals surface area contributed by atoms with Crippen LogP contribution in [0.15, 0.2) is 52.7 Å². The first-order valence-corrected chi connectivity index (χ1v) is 8.85. The topological polar surface area (TPSA) is 94.2 Å². The molecule has 0 atom stereocenters. The van der Waals surface area contributed by atoms with Crippen LogP contribution in [0.1, 0.15) is 24.3 Å². The molecule has 28 heavy (non-hydrogen) atoms. The van der Waals surface area contributed by atoms with Crippen molar-refractivity contribution in [1.29, 1.82) is 0 Å². The van der Waals surface area contributed by atoms with Gasteiger partial charge in [0.05, 0.1) is 16.9 Å². The third-order valence-electron chi connectivity index (χ3n) is 4.63. The standard InChI is InChI=1S/C20H19F2N5O/c1-11-6-9-16(15(22)10-11)27(24)18(12-7-8-12)17(23)20-25-19(26-28-20)13-4-2-3-5-14(13)21/h2-6,9-10,12H,7-8,23-24H2,1H3/b18-17-. The first-order chi connectivity index (χ1) is 13.5. The Morgan fingerprint density at radius 2 is 1.89 bits per heavy atom. The fourth-order valence-electron chi connectivity index (χ4n) is 3.03. The molecule has 4 N–H and O–H groups in total. The van der Waals surface area contributed by atoms with E-state index in [-0.39, 0.29) is 34.6 Å². The minimum absolute atomic E-state index is 0.0168. The summed E-state index contributed by atoms with van der Waals surface area (Å²) in [6.07, 6.45) is 1.73. The fraction of sp³-hybridized carbons (Fsp3) is 0.200. The second kappa shape index (κ2) is 7.05. The maximum absolute atomic E-state index is 14.4. The maximum Gasteiger partial charge on any atom is 0.275 e. The molecular weight excluding hydrogens is 364 g/mol. The van der Waals surface area contributed by atoms with Crippen LogP contribution in [-0.2, 0) is 0 Å². The quantitative estimate of drug-likeness (QED) is 0.515. The molecule has 0 amide bonds. The van der Waals surface area contributed by atoms with Crippen molar-refractivity contribution in [1.82, 2.24) is 10.1 Å². The van der Waals surface area contributed by atoms with Gasteiger partial charge in [-0.05, 0) is 49.6 Å². The van der Waals surface area contributed by atoms with E-state index in [2.05, 4.69) is 10.1 Å². The number of nitrogens with zero attached hydrogens (tertiary/aromatic N) is 3. The first-order valence-electron chi connectivity index (χ1n) is 8.85. The van der Waals surface area contributed by atoms with Gasteiger partial charge in [0.2, 0.25) is 5.82 Å². The Balaban J connectivity index is 1.74. The van der Waals surface area contributed by atoms with E-state index in [9.17, 15) is 8.78 Å². The molecule has 4 rings (SSSR count). The molecule has 0 spiro atoms. The van der Waals surface area contributed by atoms with E-state index in [4.69, 9.17) is 16.1 Å². The molecule has 1 aliphatic carbocycles. The van der Waals surface area contributed by atoms with Gasteiger partial charge in [-0.15, -0.1) is 0 Å². The number of aromatic nitrogens is 2. The van der Waals surface area contributed by atoms with Crippen molar-refractivity contribution in [2.45, 2.75) is 19.8 Å². The van der Waals surface area contributed by atoms with Crippen LogP contribution in [0.2, 0.25) is 0 Å². The lowest BCUT2D eigenvalue weighted by molar-refractivity contribution is 0.406. The van der Waals surface area contributed by atoms with Gasteiger partial charge in [0.15, 0.2) is 0 Å². The number of halogens is 2. The van der Waals surface area contributed by atoms with Crippen molar-refractivity contribution in [3.8, 4) is 11.4 Å². The van der Waals surface area contributed by atoms with E-state index in [1.165, 1.54) is 17.1 Å². The molecule has 0 radical (unpaired) electrons. The van der Waals surface area contributed by atoms with Crippen molar-refractivity contribution in [3.63, 3.8) is 0 Å². The SMILES string of the molecule is Cc1ccc(N(N)/C(=C(\N)c2nc(-c3ccccc3F)no2)C2CC2)c(F)c1. The predicted octanol–water partition coefficient (Wildman–Crippen LogP) is 3.74. The Morgan fingerprint density at radius 3 is 2.57 bits per heavy atom. The number of allylic oxidation sites excluding steroid dienone is 1. The molecule has 144 valence electrons. The molecule has 3 aromatic rings. The number of hydrogen-bond acceptors (Lipinski definition) is 6. The highest BCUT2D eigenvalue weighted by molar-refractivity contribution is 5.68. The lowest BCUT2D eigenvalue weighted by Gasteiger charge is -2.24. The summed E-state index contributed by atoms with van der Waals surface area (Å²) in [4.78, 5) is 4.21. The maximum atomic E-state index is 14.4. The molecule has 1 aliphatic rings. The zero-order chi connectivity index (χ0) is 19.8. The van der Waals surface area contributed by atoms with E-state index in [0.717, 1.165) is 18.4 Å². The highest BCUT2D eigenvalue weighted by Gasteiger charge is 2.34. The Morgan fingerprint density at radius 1 is 1.14 bits per heavy atom. The zero-order valence-corrected chi connectivity index (χ0v) is 15.2. The summed E-state index contributed by atoms with van der Waals surface area (Å²) in [6, 6.07) is 10.9. The fourth-order valence-corrected chi connectivity index (χ4v) is 3.03. The van der Waals surface area contributed by atoms with E-state index in [1.807, 2.05) is 0 Å². The third-order valence-corrected chi connectivity index (χ3v) is 4.63. The summed E-state index contributed by atoms with van der Waals surface area (Å²) in [5.74, 6) is 5.45. The lowest BCUT2D eigenvalue weighted by atomic mass is 10.1. The van der Waals surface area contributed by atoms with Crippen LogP contribution in [0.4, 0.5) is 14.5 Å². The average molecular weight is 383 g/mol. The van der Waals surface area contributed by atoms with Crippen molar-refractivity contribution < 1.29 is 13.3 Å². The van der Waals surface area contributed by atoms with Gasteiger partial charge in [-0.2, -0.15) is 4.98 Å². The second-order valence-corrected chi connectivity index (χ2v) is 6.80. The van der Waals surface area contributed by atoms with Gasteiger partial charge >= 0.3 is 0 Å². The molecule has 0 bridgehead atoms. The molecule has 6 nitrogen and oxygen atoms in total. The minimum Gasteiger partial charge on any atom is -0.393 e. The highest BCUT2D eigenvalue weighted by Crippen LogP contribution is 2.41. The number of aryl methyl sites for hydroxylation is 1. The van der Waals surface area contributed by atoms with Crippen molar-refractivity contribution in [3.05, 3.63) is 71.3 Å². The Hall–Kier alpha value is -3.26. The van der Waals surface area contributed by atoms with Gasteiger partial charge in [-0.1, -0.05) is 23.4 Å². The monoisotopic (exact) mass is 383 g/mol. The van der Waals surface area contributed by atoms with Gasteiger partial charge in [0.25, 0.3) is 5.89 Å². The van der Waals surface area contributed by atoms with E-state index in [0.29, 0.717) is 5.70 Å². The smallest absolute Gasteiger partial charge is 0.275 e. The van der Waals surface area contributed by atoms with Crippen LogP contribution in [-0.4, -0.2) is 10.1 Å². The van der Waals surface area contributed by atoms with Gasteiger partial charge < -0.3 is 10.3 Å². The number of nitrogens with two attached hydrogens (primary N) is 2. The van der Waals surface area contributed by atoms with E-state index >= 15 is 0 Å². The number of rotatable bonds is 5. The molecule has 0 aliphatic heterocycles. The Kier molecular flexibility index (Phi) is 4.56. The van der Waals surface area contributed by atoms with E-state index < -0.39 is 11.6 Å². The minimum atomic E-state index is -0.470. The lowest BCUT2D eigenvalue weighted by Crippen LogP contribution is -2.34. The molecule has 1 saturated carbocycles. The molecule has 1 aromatic heterocycles. The zero-order valence-electron chi connectivity index (χ0n) is 15.2. The van der Waals surface area contributed by atoms with Crippen LogP contribution in [0.5, 0.6) is 0 Å². The first kappa shape index (κ1) is 18.1. The molecule has 0 saturated heterocycles. The predicted molar refractivity (Wildman–Crippen MR) is 101 cm³/mol. The van der Waals surface area contributed by atoms with Crippen LogP contribution in [0, 0.1) is 24.5 Å². The Labute approximate surface area is 160 Å². The largest absolute Gasteiger partial charge is 0.393 e. The summed E-state index contributed by atoms with van der Waals surface area (Å²) < 4.78 is 33.6. The summed E-state index contributed by atoms with van der Waals surface area (Å²) in [5.41, 5.74) is 8.12. The number of hydrazine groups is 1. The van der Waals surface area contributed by atoms with Gasteiger partial charge in [0, 0.05) is 5.92 Å².